The van der Waals surface area contributed by atoms with Crippen LogP contribution in [0.5, 0.6) is 0 Å². The van der Waals surface area contributed by atoms with Gasteiger partial charge < -0.3 is 19.6 Å². The summed E-state index contributed by atoms with van der Waals surface area (Å²) in [4.78, 5) is 29.9. The first-order valence-corrected chi connectivity index (χ1v) is 20.3. The van der Waals surface area contributed by atoms with E-state index >= 15 is 0 Å². The van der Waals surface area contributed by atoms with Gasteiger partial charge >= 0.3 is 11.9 Å². The maximum atomic E-state index is 13.2. The normalized spacial score (nSPS) is 43.9. The van der Waals surface area contributed by atoms with Crippen LogP contribution in [0.3, 0.4) is 0 Å². The van der Waals surface area contributed by atoms with Gasteiger partial charge in [0.2, 0.25) is 0 Å². The molecule has 5 unspecified atom stereocenters. The highest BCUT2D eigenvalue weighted by atomic mass is 16.5. The number of rotatable bonds is 9. The molecule has 0 spiro atoms. The van der Waals surface area contributed by atoms with Crippen LogP contribution < -0.4 is 0 Å². The van der Waals surface area contributed by atoms with E-state index in [1.807, 2.05) is 13.8 Å². The predicted molar refractivity (Wildman–Crippen MR) is 198 cm³/mol. The standard InChI is InChI=1S/C43H72N2O4/c1-29(2)30-13-18-43(21-22-45-25-23-44(10)24-26-45)20-19-41(8)31(37(30)43)11-12-33-40(7)16-15-34(39(5,6)32(40)14-17-42(33,41)9)49-36(48)28-38(3,4)27-35(46)47/h30-34,37H,1,11-28H2,2-10H3,(H,46,47)/t30?,31-,32?,33?,34?,37?,40+,41-,42-,43-/m1/s1. The molecule has 49 heavy (non-hydrogen) atoms. The number of carboxylic acid groups (broad SMARTS) is 1. The van der Waals surface area contributed by atoms with Crippen molar-refractivity contribution in [2.24, 2.45) is 62.1 Å². The molecule has 0 amide bonds. The lowest BCUT2D eigenvalue weighted by Crippen LogP contribution is -2.66. The Morgan fingerprint density at radius 3 is 2.18 bits per heavy atom. The number of carbonyl (C=O) groups excluding carboxylic acids is 1. The zero-order valence-electron chi connectivity index (χ0n) is 33.0. The number of hydrogen-bond acceptors (Lipinski definition) is 5. The molecule has 5 saturated carbocycles. The fourth-order valence-corrected chi connectivity index (χ4v) is 14.4. The molecule has 278 valence electrons. The Labute approximate surface area is 299 Å². The molecule has 0 aromatic carbocycles. The van der Waals surface area contributed by atoms with Crippen molar-refractivity contribution in [2.75, 3.05) is 39.8 Å². The number of piperazine rings is 1. The lowest BCUT2D eigenvalue weighted by atomic mass is 9.32. The van der Waals surface area contributed by atoms with E-state index in [1.165, 1.54) is 96.1 Å². The Kier molecular flexibility index (Phi) is 9.85. The molecule has 6 nitrogen and oxygen atoms in total. The summed E-state index contributed by atoms with van der Waals surface area (Å²) in [5, 5.41) is 9.35. The maximum absolute atomic E-state index is 13.2. The van der Waals surface area contributed by atoms with E-state index < -0.39 is 11.4 Å². The third-order valence-corrected chi connectivity index (χ3v) is 17.2. The SMILES string of the molecule is C=C(C)C1CC[C@]2(CCN3CCN(C)CC3)CC[C@]3(C)[C@H](CCC4[C@@]5(C)CCC(OC(=O)CC(C)(C)CC(=O)O)C(C)(C)C5CC[C@]43C)C12. The summed E-state index contributed by atoms with van der Waals surface area (Å²) in [6.45, 7) is 29.7. The lowest BCUT2D eigenvalue weighted by molar-refractivity contribution is -0.250. The minimum atomic E-state index is -0.863. The number of nitrogens with zero attached hydrogens (tertiary/aromatic N) is 2. The van der Waals surface area contributed by atoms with Gasteiger partial charge in [0.05, 0.1) is 12.8 Å². The second-order valence-electron chi connectivity index (χ2n) is 20.7. The van der Waals surface area contributed by atoms with Gasteiger partial charge in [0, 0.05) is 31.6 Å². The van der Waals surface area contributed by atoms with Crippen molar-refractivity contribution < 1.29 is 19.4 Å². The summed E-state index contributed by atoms with van der Waals surface area (Å²) >= 11 is 0. The molecule has 1 heterocycles. The summed E-state index contributed by atoms with van der Waals surface area (Å²) in [7, 11) is 2.27. The van der Waals surface area contributed by atoms with E-state index in [0.717, 1.165) is 24.7 Å². The Balaban J connectivity index is 1.21. The largest absolute Gasteiger partial charge is 0.481 e. The van der Waals surface area contributed by atoms with E-state index in [4.69, 9.17) is 4.74 Å². The summed E-state index contributed by atoms with van der Waals surface area (Å²) < 4.78 is 6.30. The maximum Gasteiger partial charge on any atom is 0.306 e. The average molecular weight is 681 g/mol. The fraction of sp³-hybridized carbons (Fsp3) is 0.907. The summed E-state index contributed by atoms with van der Waals surface area (Å²) in [5.74, 6) is 2.33. The molecule has 5 aliphatic carbocycles. The Morgan fingerprint density at radius 2 is 1.53 bits per heavy atom. The molecule has 0 aromatic rings. The molecule has 6 aliphatic rings. The van der Waals surface area contributed by atoms with Gasteiger partial charge in [0.15, 0.2) is 0 Å². The molecule has 1 aliphatic heterocycles. The van der Waals surface area contributed by atoms with Gasteiger partial charge in [-0.2, -0.15) is 0 Å². The fourth-order valence-electron chi connectivity index (χ4n) is 14.4. The molecule has 0 bridgehead atoms. The number of allylic oxidation sites excluding steroid dienone is 1. The third-order valence-electron chi connectivity index (χ3n) is 17.2. The molecule has 6 fully saturated rings. The van der Waals surface area contributed by atoms with Gasteiger partial charge in [-0.25, -0.2) is 0 Å². The number of hydrogen-bond donors (Lipinski definition) is 1. The molecule has 1 saturated heterocycles. The highest BCUT2D eigenvalue weighted by Crippen LogP contribution is 2.78. The molecular formula is C43H72N2O4. The molecule has 0 radical (unpaired) electrons. The number of carboxylic acids is 1. The predicted octanol–water partition coefficient (Wildman–Crippen LogP) is 9.08. The first kappa shape index (κ1) is 37.4. The number of likely N-dealkylation sites (N-methyl/N-ethyl adjacent to an activating group) is 1. The van der Waals surface area contributed by atoms with Crippen LogP contribution in [0.15, 0.2) is 12.2 Å². The number of esters is 1. The van der Waals surface area contributed by atoms with Crippen LogP contribution in [0.2, 0.25) is 0 Å². The first-order valence-electron chi connectivity index (χ1n) is 20.3. The van der Waals surface area contributed by atoms with Crippen molar-refractivity contribution in [3.63, 3.8) is 0 Å². The second kappa shape index (κ2) is 12.9. The van der Waals surface area contributed by atoms with Crippen molar-refractivity contribution in [2.45, 2.75) is 145 Å². The van der Waals surface area contributed by atoms with Crippen LogP contribution in [-0.2, 0) is 14.3 Å². The van der Waals surface area contributed by atoms with Crippen molar-refractivity contribution in [1.82, 2.24) is 9.80 Å². The highest BCUT2D eigenvalue weighted by molar-refractivity contribution is 5.73. The molecule has 6 heteroatoms. The van der Waals surface area contributed by atoms with E-state index in [-0.39, 0.29) is 35.7 Å². The highest BCUT2D eigenvalue weighted by Gasteiger charge is 2.71. The average Bonchev–Trinajstić information content (AvgIpc) is 3.38. The van der Waals surface area contributed by atoms with Crippen molar-refractivity contribution in [1.29, 1.82) is 0 Å². The van der Waals surface area contributed by atoms with Crippen LogP contribution in [0.4, 0.5) is 0 Å². The molecule has 0 aromatic heterocycles. The van der Waals surface area contributed by atoms with E-state index in [1.54, 1.807) is 0 Å². The quantitative estimate of drug-likeness (QED) is 0.194. The molecule has 1 N–H and O–H groups in total. The monoisotopic (exact) mass is 681 g/mol. The minimum absolute atomic E-state index is 0.0256. The van der Waals surface area contributed by atoms with Crippen LogP contribution >= 0.6 is 0 Å². The van der Waals surface area contributed by atoms with E-state index in [0.29, 0.717) is 34.0 Å². The zero-order chi connectivity index (χ0) is 35.8. The van der Waals surface area contributed by atoms with Gasteiger partial charge in [0.25, 0.3) is 0 Å². The molecule has 6 rings (SSSR count). The van der Waals surface area contributed by atoms with Gasteiger partial charge in [-0.05, 0) is 148 Å². The molecular weight excluding hydrogens is 608 g/mol. The molecule has 10 atom stereocenters. The van der Waals surface area contributed by atoms with E-state index in [9.17, 15) is 14.7 Å². The minimum Gasteiger partial charge on any atom is -0.481 e. The smallest absolute Gasteiger partial charge is 0.306 e. The third kappa shape index (κ3) is 6.27. The second-order valence-corrected chi connectivity index (χ2v) is 20.7. The number of ether oxygens (including phenoxy) is 1. The van der Waals surface area contributed by atoms with Gasteiger partial charge in [-0.15, -0.1) is 0 Å². The van der Waals surface area contributed by atoms with Crippen LogP contribution in [0.1, 0.15) is 139 Å². The summed E-state index contributed by atoms with van der Waals surface area (Å²) in [6, 6.07) is 0. The van der Waals surface area contributed by atoms with Crippen LogP contribution in [0.25, 0.3) is 0 Å². The lowest BCUT2D eigenvalue weighted by Gasteiger charge is -2.73. The van der Waals surface area contributed by atoms with Crippen molar-refractivity contribution in [3.05, 3.63) is 12.2 Å². The van der Waals surface area contributed by atoms with Gasteiger partial charge in [-0.3, -0.25) is 9.59 Å². The van der Waals surface area contributed by atoms with Crippen molar-refractivity contribution >= 4 is 11.9 Å². The Morgan fingerprint density at radius 1 is 0.837 bits per heavy atom. The van der Waals surface area contributed by atoms with E-state index in [2.05, 4.69) is 65.0 Å². The van der Waals surface area contributed by atoms with Crippen molar-refractivity contribution in [3.8, 4) is 0 Å². The van der Waals surface area contributed by atoms with Crippen LogP contribution in [0, 0.1) is 62.1 Å². The van der Waals surface area contributed by atoms with Gasteiger partial charge in [-0.1, -0.05) is 60.6 Å². The first-order chi connectivity index (χ1) is 22.8. The van der Waals surface area contributed by atoms with Crippen LogP contribution in [-0.4, -0.2) is 72.7 Å². The topological polar surface area (TPSA) is 70.1 Å². The Bertz CT molecular complexity index is 1280. The number of aliphatic carboxylic acids is 1. The summed E-state index contributed by atoms with van der Waals surface area (Å²) in [5.41, 5.74) is 2.09. The Hall–Kier alpha value is -1.40. The van der Waals surface area contributed by atoms with Gasteiger partial charge in [0.1, 0.15) is 6.10 Å². The zero-order valence-corrected chi connectivity index (χ0v) is 33.0. The number of carbonyl (C=O) groups is 2. The summed E-state index contributed by atoms with van der Waals surface area (Å²) in [6.07, 6.45) is 14.1. The number of fused-ring (bicyclic) bond motifs is 7.